The first-order chi connectivity index (χ1) is 10.7. The van der Waals surface area contributed by atoms with E-state index in [-0.39, 0.29) is 16.7 Å². The van der Waals surface area contributed by atoms with Crippen LogP contribution in [0.5, 0.6) is 0 Å². The number of esters is 1. The molecule has 23 heavy (non-hydrogen) atoms. The Morgan fingerprint density at radius 2 is 2.09 bits per heavy atom. The van der Waals surface area contributed by atoms with E-state index in [1.165, 1.54) is 11.8 Å². The summed E-state index contributed by atoms with van der Waals surface area (Å²) in [6.07, 6.45) is -0.0383. The molecule has 2 saturated heterocycles. The number of ether oxygens (including phenoxy) is 1. The number of imide groups is 1. The van der Waals surface area contributed by atoms with Crippen molar-refractivity contribution < 1.29 is 23.9 Å². The molecule has 3 N–H and O–H groups in total. The van der Waals surface area contributed by atoms with Crippen LogP contribution in [0.2, 0.25) is 0 Å². The number of carbonyl (C=O) groups is 4. The number of carbonyl (C=O) groups excluding carboxylic acids is 4. The molecule has 2 heterocycles. The molecular weight excluding hydrogens is 322 g/mol. The molecule has 0 aliphatic carbocycles. The van der Waals surface area contributed by atoms with Crippen molar-refractivity contribution in [1.82, 2.24) is 10.2 Å². The molecule has 8 nitrogen and oxygen atoms in total. The van der Waals surface area contributed by atoms with Crippen molar-refractivity contribution in [3.63, 3.8) is 0 Å². The molecule has 3 atom stereocenters. The summed E-state index contributed by atoms with van der Waals surface area (Å²) in [5.41, 5.74) is 4.92. The topological polar surface area (TPSA) is 119 Å². The van der Waals surface area contributed by atoms with Crippen LogP contribution in [0.15, 0.2) is 0 Å². The van der Waals surface area contributed by atoms with E-state index < -0.39 is 30.1 Å². The van der Waals surface area contributed by atoms with Gasteiger partial charge in [-0.2, -0.15) is 0 Å². The van der Waals surface area contributed by atoms with E-state index in [0.29, 0.717) is 18.6 Å². The SMILES string of the molecule is CC(C)[C@@H](OC(=O)[C@@H]1CS[C@@]2(C)CCC(=O)N12)C(=O)NC(N)=O. The summed E-state index contributed by atoms with van der Waals surface area (Å²) in [7, 11) is 0. The standard InChI is InChI=1S/C14H21N3O5S/c1-7(2)10(11(19)16-13(15)21)22-12(20)8-6-23-14(3)5-4-9(18)17(8)14/h7-8,10H,4-6H2,1-3H3,(H3,15,16,19,21)/t8-,10+,14-/m0/s1. The van der Waals surface area contributed by atoms with Gasteiger partial charge >= 0.3 is 12.0 Å². The van der Waals surface area contributed by atoms with Crippen LogP contribution in [0.1, 0.15) is 33.6 Å². The van der Waals surface area contributed by atoms with Gasteiger partial charge in [0.15, 0.2) is 6.10 Å². The highest BCUT2D eigenvalue weighted by atomic mass is 32.2. The van der Waals surface area contributed by atoms with Crippen molar-refractivity contribution in [3.05, 3.63) is 0 Å². The maximum Gasteiger partial charge on any atom is 0.330 e. The molecular formula is C14H21N3O5S. The van der Waals surface area contributed by atoms with Crippen molar-refractivity contribution in [3.8, 4) is 0 Å². The van der Waals surface area contributed by atoms with Gasteiger partial charge in [-0.15, -0.1) is 11.8 Å². The van der Waals surface area contributed by atoms with Crippen molar-refractivity contribution in [2.24, 2.45) is 11.7 Å². The van der Waals surface area contributed by atoms with Crippen LogP contribution < -0.4 is 11.1 Å². The van der Waals surface area contributed by atoms with Gasteiger partial charge in [0.2, 0.25) is 5.91 Å². The number of hydrogen-bond donors (Lipinski definition) is 2. The lowest BCUT2D eigenvalue weighted by Gasteiger charge is -2.30. The molecule has 0 saturated carbocycles. The summed E-state index contributed by atoms with van der Waals surface area (Å²) in [6.45, 7) is 5.30. The second-order valence-electron chi connectivity index (χ2n) is 6.22. The van der Waals surface area contributed by atoms with Crippen LogP contribution in [-0.4, -0.2) is 51.5 Å². The van der Waals surface area contributed by atoms with Crippen LogP contribution >= 0.6 is 11.8 Å². The quantitative estimate of drug-likeness (QED) is 0.704. The Kier molecular flexibility index (Phi) is 4.88. The second kappa shape index (κ2) is 6.38. The Labute approximate surface area is 138 Å². The normalized spacial score (nSPS) is 27.7. The molecule has 0 unspecified atom stereocenters. The van der Waals surface area contributed by atoms with Crippen molar-refractivity contribution in [1.29, 1.82) is 0 Å². The fraction of sp³-hybridized carbons (Fsp3) is 0.714. The van der Waals surface area contributed by atoms with E-state index >= 15 is 0 Å². The molecule has 128 valence electrons. The van der Waals surface area contributed by atoms with Gasteiger partial charge in [0.1, 0.15) is 6.04 Å². The molecule has 9 heteroatoms. The Morgan fingerprint density at radius 1 is 1.43 bits per heavy atom. The molecule has 0 radical (unpaired) electrons. The maximum atomic E-state index is 12.5. The smallest absolute Gasteiger partial charge is 0.330 e. The van der Waals surface area contributed by atoms with Crippen LogP contribution in [-0.2, 0) is 19.1 Å². The molecule has 2 aliphatic heterocycles. The number of nitrogens with two attached hydrogens (primary N) is 1. The van der Waals surface area contributed by atoms with Crippen LogP contribution in [0.3, 0.4) is 0 Å². The van der Waals surface area contributed by atoms with E-state index in [2.05, 4.69) is 0 Å². The van der Waals surface area contributed by atoms with Gasteiger partial charge in [-0.05, 0) is 19.3 Å². The van der Waals surface area contributed by atoms with Crippen LogP contribution in [0.4, 0.5) is 4.79 Å². The molecule has 0 spiro atoms. The predicted molar refractivity (Wildman–Crippen MR) is 83.2 cm³/mol. The van der Waals surface area contributed by atoms with Crippen molar-refractivity contribution in [2.45, 2.75) is 50.6 Å². The summed E-state index contributed by atoms with van der Waals surface area (Å²) in [5.74, 6) is -1.38. The van der Waals surface area contributed by atoms with Crippen molar-refractivity contribution in [2.75, 3.05) is 5.75 Å². The first kappa shape index (κ1) is 17.6. The molecule has 2 aliphatic rings. The first-order valence-electron chi connectivity index (χ1n) is 7.42. The van der Waals surface area contributed by atoms with E-state index in [9.17, 15) is 19.2 Å². The summed E-state index contributed by atoms with van der Waals surface area (Å²) >= 11 is 1.54. The van der Waals surface area contributed by atoms with Crippen molar-refractivity contribution >= 4 is 35.6 Å². The number of hydrogen-bond acceptors (Lipinski definition) is 6. The lowest BCUT2D eigenvalue weighted by Crippen LogP contribution is -2.50. The second-order valence-corrected chi connectivity index (χ2v) is 7.72. The summed E-state index contributed by atoms with van der Waals surface area (Å²) in [4.78, 5) is 48.4. The Bertz CT molecular complexity index is 553. The highest BCUT2D eigenvalue weighted by Gasteiger charge is 2.54. The van der Waals surface area contributed by atoms with Gasteiger partial charge in [-0.1, -0.05) is 13.8 Å². The minimum atomic E-state index is -1.13. The molecule has 2 fully saturated rings. The fourth-order valence-corrected chi connectivity index (χ4v) is 4.30. The molecule has 0 aromatic heterocycles. The summed E-state index contributed by atoms with van der Waals surface area (Å²) < 4.78 is 5.29. The average molecular weight is 343 g/mol. The molecule has 0 bridgehead atoms. The highest BCUT2D eigenvalue weighted by Crippen LogP contribution is 2.47. The zero-order valence-corrected chi connectivity index (χ0v) is 14.1. The van der Waals surface area contributed by atoms with Crippen LogP contribution in [0, 0.1) is 5.92 Å². The van der Waals surface area contributed by atoms with Crippen LogP contribution in [0.25, 0.3) is 0 Å². The van der Waals surface area contributed by atoms with E-state index in [4.69, 9.17) is 10.5 Å². The lowest BCUT2D eigenvalue weighted by atomic mass is 10.1. The highest BCUT2D eigenvalue weighted by molar-refractivity contribution is 8.01. The Hall–Kier alpha value is -1.77. The molecule has 0 aromatic carbocycles. The molecule has 4 amide bonds. The molecule has 2 rings (SSSR count). The number of rotatable bonds is 4. The minimum Gasteiger partial charge on any atom is -0.450 e. The zero-order valence-electron chi connectivity index (χ0n) is 13.3. The fourth-order valence-electron chi connectivity index (χ4n) is 2.88. The van der Waals surface area contributed by atoms with Gasteiger partial charge in [-0.3, -0.25) is 14.9 Å². The Morgan fingerprint density at radius 3 is 2.65 bits per heavy atom. The third-order valence-corrected chi connectivity index (χ3v) is 5.58. The number of fused-ring (bicyclic) bond motifs is 1. The number of thioether (sulfide) groups is 1. The largest absolute Gasteiger partial charge is 0.450 e. The average Bonchev–Trinajstić information content (AvgIpc) is 2.92. The van der Waals surface area contributed by atoms with Gasteiger partial charge in [0.25, 0.3) is 5.91 Å². The number of urea groups is 1. The number of amides is 4. The predicted octanol–water partition coefficient (Wildman–Crippen LogP) is 0.203. The number of nitrogens with one attached hydrogen (secondary N) is 1. The van der Waals surface area contributed by atoms with Gasteiger partial charge < -0.3 is 15.4 Å². The first-order valence-corrected chi connectivity index (χ1v) is 8.41. The third kappa shape index (κ3) is 3.44. The van der Waals surface area contributed by atoms with E-state index in [1.807, 2.05) is 12.2 Å². The minimum absolute atomic E-state index is 0.0814. The zero-order chi connectivity index (χ0) is 17.4. The lowest BCUT2D eigenvalue weighted by molar-refractivity contribution is -0.164. The van der Waals surface area contributed by atoms with Gasteiger partial charge in [0.05, 0.1) is 4.87 Å². The Balaban J connectivity index is 2.09. The molecule has 0 aromatic rings. The van der Waals surface area contributed by atoms with E-state index in [1.54, 1.807) is 18.7 Å². The van der Waals surface area contributed by atoms with Gasteiger partial charge in [0, 0.05) is 12.2 Å². The summed E-state index contributed by atoms with van der Waals surface area (Å²) in [6, 6.07) is -1.71. The number of primary amides is 1. The van der Waals surface area contributed by atoms with Gasteiger partial charge in [-0.25, -0.2) is 9.59 Å². The third-order valence-electron chi connectivity index (χ3n) is 4.07. The maximum absolute atomic E-state index is 12.5. The summed E-state index contributed by atoms with van der Waals surface area (Å²) in [5, 5.41) is 1.92. The number of nitrogens with zero attached hydrogens (tertiary/aromatic N) is 1. The van der Waals surface area contributed by atoms with E-state index in [0.717, 1.165) is 0 Å². The monoisotopic (exact) mass is 343 g/mol.